The van der Waals surface area contributed by atoms with E-state index in [9.17, 15) is 14.4 Å². The average Bonchev–Trinajstić information content (AvgIpc) is 3.27. The minimum Gasteiger partial charge on any atom is -0.349 e. The fraction of sp³-hybridized carbons (Fsp3) is 0.429. The molecule has 0 spiro atoms. The van der Waals surface area contributed by atoms with Crippen molar-refractivity contribution >= 4 is 28.8 Å². The zero-order chi connectivity index (χ0) is 20.5. The Morgan fingerprint density at radius 3 is 2.83 bits per heavy atom. The molecule has 1 N–H and O–H groups in total. The van der Waals surface area contributed by atoms with Gasteiger partial charge >= 0.3 is 0 Å². The van der Waals surface area contributed by atoms with Gasteiger partial charge in [0.25, 0.3) is 5.24 Å². The lowest BCUT2D eigenvalue weighted by Gasteiger charge is -2.24. The standard InChI is InChI=1S/C21H24N4O3S/c1-13-6-7-15(10-14(13)2)25-18-5-3-4-17(16(18)11-22-25)23-19(26)8-9-24-20(27)12-29-21(24)28/h6-7,10-11,17H,3-5,8-9,12H2,1-2H3,(H,23,26)/t17-/m0/s1. The SMILES string of the molecule is Cc1ccc(-n2ncc3c2CCC[C@@H]3NC(=O)CCN2C(=O)CSC2=O)cc1C. The van der Waals surface area contributed by atoms with Crippen molar-refractivity contribution in [3.63, 3.8) is 0 Å². The Morgan fingerprint density at radius 2 is 2.10 bits per heavy atom. The summed E-state index contributed by atoms with van der Waals surface area (Å²) in [6.45, 7) is 4.31. The van der Waals surface area contributed by atoms with Crippen LogP contribution in [-0.4, -0.2) is 44.0 Å². The predicted molar refractivity (Wildman–Crippen MR) is 111 cm³/mol. The van der Waals surface area contributed by atoms with Gasteiger partial charge in [0.05, 0.1) is 23.7 Å². The number of fused-ring (bicyclic) bond motifs is 1. The van der Waals surface area contributed by atoms with Crippen molar-refractivity contribution < 1.29 is 14.4 Å². The first-order valence-electron chi connectivity index (χ1n) is 9.85. The lowest BCUT2D eigenvalue weighted by atomic mass is 9.92. The van der Waals surface area contributed by atoms with Gasteiger partial charge in [0.2, 0.25) is 11.8 Å². The fourth-order valence-electron chi connectivity index (χ4n) is 3.86. The van der Waals surface area contributed by atoms with Gasteiger partial charge in [-0.15, -0.1) is 0 Å². The Morgan fingerprint density at radius 1 is 1.28 bits per heavy atom. The predicted octanol–water partition coefficient (Wildman–Crippen LogP) is 3.07. The third-order valence-electron chi connectivity index (χ3n) is 5.66. The molecule has 0 unspecified atom stereocenters. The van der Waals surface area contributed by atoms with Gasteiger partial charge in [0.1, 0.15) is 0 Å². The van der Waals surface area contributed by atoms with Crippen molar-refractivity contribution in [2.24, 2.45) is 0 Å². The third-order valence-corrected chi connectivity index (χ3v) is 6.51. The molecule has 1 atom stereocenters. The van der Waals surface area contributed by atoms with Crippen LogP contribution < -0.4 is 5.32 Å². The van der Waals surface area contributed by atoms with Crippen LogP contribution in [-0.2, 0) is 16.0 Å². The molecule has 1 fully saturated rings. The minimum absolute atomic E-state index is 0.0918. The zero-order valence-corrected chi connectivity index (χ0v) is 17.4. The monoisotopic (exact) mass is 412 g/mol. The maximum atomic E-state index is 12.5. The summed E-state index contributed by atoms with van der Waals surface area (Å²) in [4.78, 5) is 37.0. The number of rotatable bonds is 5. The van der Waals surface area contributed by atoms with Crippen molar-refractivity contribution in [1.82, 2.24) is 20.0 Å². The number of imide groups is 1. The van der Waals surface area contributed by atoms with E-state index < -0.39 is 0 Å². The summed E-state index contributed by atoms with van der Waals surface area (Å²) in [7, 11) is 0. The molecule has 4 rings (SSSR count). The van der Waals surface area contributed by atoms with Gasteiger partial charge in [-0.2, -0.15) is 5.10 Å². The van der Waals surface area contributed by atoms with E-state index in [-0.39, 0.29) is 41.8 Å². The fourth-order valence-corrected chi connectivity index (χ4v) is 4.62. The summed E-state index contributed by atoms with van der Waals surface area (Å²) < 4.78 is 1.97. The van der Waals surface area contributed by atoms with E-state index in [1.54, 1.807) is 0 Å². The Kier molecular flexibility index (Phi) is 5.45. The van der Waals surface area contributed by atoms with Crippen molar-refractivity contribution in [2.75, 3.05) is 12.3 Å². The quantitative estimate of drug-likeness (QED) is 0.816. The summed E-state index contributed by atoms with van der Waals surface area (Å²) in [6, 6.07) is 6.21. The van der Waals surface area contributed by atoms with Crippen molar-refractivity contribution in [3.8, 4) is 5.69 Å². The van der Waals surface area contributed by atoms with Gasteiger partial charge in [0, 0.05) is 24.2 Å². The Bertz CT molecular complexity index is 968. The largest absolute Gasteiger partial charge is 0.349 e. The number of aryl methyl sites for hydroxylation is 2. The second-order valence-corrected chi connectivity index (χ2v) is 8.52. The Balaban J connectivity index is 1.45. The lowest BCUT2D eigenvalue weighted by Crippen LogP contribution is -2.36. The summed E-state index contributed by atoms with van der Waals surface area (Å²) in [5.41, 5.74) is 5.67. The normalized spacial score (nSPS) is 18.8. The Labute approximate surface area is 173 Å². The highest BCUT2D eigenvalue weighted by molar-refractivity contribution is 8.14. The number of hydrogen-bond acceptors (Lipinski definition) is 5. The van der Waals surface area contributed by atoms with E-state index in [0.29, 0.717) is 0 Å². The summed E-state index contributed by atoms with van der Waals surface area (Å²) in [6.07, 6.45) is 4.71. The van der Waals surface area contributed by atoms with Crippen molar-refractivity contribution in [1.29, 1.82) is 0 Å². The van der Waals surface area contributed by atoms with Crippen molar-refractivity contribution in [2.45, 2.75) is 45.6 Å². The summed E-state index contributed by atoms with van der Waals surface area (Å²) >= 11 is 0.989. The second-order valence-electron chi connectivity index (χ2n) is 7.59. The highest BCUT2D eigenvalue weighted by Gasteiger charge is 2.31. The average molecular weight is 413 g/mol. The van der Waals surface area contributed by atoms with Crippen LogP contribution in [0.15, 0.2) is 24.4 Å². The highest BCUT2D eigenvalue weighted by Crippen LogP contribution is 2.31. The van der Waals surface area contributed by atoms with E-state index >= 15 is 0 Å². The molecule has 7 nitrogen and oxygen atoms in total. The van der Waals surface area contributed by atoms with E-state index in [0.717, 1.165) is 52.9 Å². The van der Waals surface area contributed by atoms with E-state index in [1.165, 1.54) is 11.1 Å². The number of thioether (sulfide) groups is 1. The van der Waals surface area contributed by atoms with Crippen LogP contribution in [0.25, 0.3) is 5.69 Å². The molecule has 0 bridgehead atoms. The van der Waals surface area contributed by atoms with E-state index in [1.807, 2.05) is 10.9 Å². The van der Waals surface area contributed by atoms with Gasteiger partial charge in [-0.1, -0.05) is 17.8 Å². The van der Waals surface area contributed by atoms with Gasteiger partial charge in [-0.25, -0.2) is 4.68 Å². The number of carbonyl (C=O) groups excluding carboxylic acids is 3. The minimum atomic E-state index is -0.266. The number of benzene rings is 1. The summed E-state index contributed by atoms with van der Waals surface area (Å²) in [5.74, 6) is -0.203. The molecule has 3 amide bonds. The number of amides is 3. The smallest absolute Gasteiger partial charge is 0.288 e. The molecule has 0 saturated carbocycles. The number of carbonyl (C=O) groups is 3. The van der Waals surface area contributed by atoms with Gasteiger partial charge in [-0.3, -0.25) is 19.3 Å². The lowest BCUT2D eigenvalue weighted by molar-refractivity contribution is -0.125. The molecule has 1 aromatic heterocycles. The molecule has 2 aliphatic rings. The van der Waals surface area contributed by atoms with Crippen LogP contribution in [0.2, 0.25) is 0 Å². The van der Waals surface area contributed by atoms with Crippen LogP contribution in [0.3, 0.4) is 0 Å². The summed E-state index contributed by atoms with van der Waals surface area (Å²) in [5, 5.41) is 7.39. The molecule has 1 aliphatic carbocycles. The molecule has 152 valence electrons. The second kappa shape index (κ2) is 8.02. The van der Waals surface area contributed by atoms with Crippen LogP contribution >= 0.6 is 11.8 Å². The molecule has 8 heteroatoms. The maximum absolute atomic E-state index is 12.5. The molecule has 1 saturated heterocycles. The van der Waals surface area contributed by atoms with E-state index in [2.05, 4.69) is 42.5 Å². The number of nitrogens with zero attached hydrogens (tertiary/aromatic N) is 3. The molecular formula is C21H24N4O3S. The first-order chi connectivity index (χ1) is 13.9. The van der Waals surface area contributed by atoms with Gasteiger partial charge in [-0.05, 0) is 56.4 Å². The molecule has 29 heavy (non-hydrogen) atoms. The van der Waals surface area contributed by atoms with Gasteiger partial charge in [0.15, 0.2) is 0 Å². The topological polar surface area (TPSA) is 84.3 Å². The van der Waals surface area contributed by atoms with Crippen LogP contribution in [0.4, 0.5) is 4.79 Å². The molecule has 2 heterocycles. The third kappa shape index (κ3) is 3.94. The number of aromatic nitrogens is 2. The molecule has 1 aromatic carbocycles. The first kappa shape index (κ1) is 19.7. The number of hydrogen-bond donors (Lipinski definition) is 1. The van der Waals surface area contributed by atoms with Crippen LogP contribution in [0.5, 0.6) is 0 Å². The molecule has 0 radical (unpaired) electrons. The maximum Gasteiger partial charge on any atom is 0.288 e. The first-order valence-corrected chi connectivity index (χ1v) is 10.8. The molecule has 1 aliphatic heterocycles. The van der Waals surface area contributed by atoms with Gasteiger partial charge < -0.3 is 5.32 Å². The Hall–Kier alpha value is -2.61. The highest BCUT2D eigenvalue weighted by atomic mass is 32.2. The molecule has 2 aromatic rings. The zero-order valence-electron chi connectivity index (χ0n) is 16.6. The van der Waals surface area contributed by atoms with Crippen molar-refractivity contribution in [3.05, 3.63) is 46.8 Å². The number of nitrogens with one attached hydrogen (secondary N) is 1. The van der Waals surface area contributed by atoms with E-state index in [4.69, 9.17) is 0 Å². The molecular weight excluding hydrogens is 388 g/mol. The van der Waals surface area contributed by atoms with Crippen LogP contribution in [0, 0.1) is 13.8 Å². The van der Waals surface area contributed by atoms with Crippen LogP contribution in [0.1, 0.15) is 47.7 Å².